The van der Waals surface area contributed by atoms with Crippen LogP contribution in [0.15, 0.2) is 36.6 Å². The summed E-state index contributed by atoms with van der Waals surface area (Å²) in [5.41, 5.74) is 0.995. The van der Waals surface area contributed by atoms with Crippen molar-refractivity contribution in [3.05, 3.63) is 36.6 Å². The molecule has 1 aliphatic heterocycles. The monoisotopic (exact) mass is 155 g/mol. The van der Waals surface area contributed by atoms with E-state index in [1.807, 2.05) is 30.3 Å². The summed E-state index contributed by atoms with van der Waals surface area (Å²) < 4.78 is 0. The van der Waals surface area contributed by atoms with Crippen LogP contribution in [-0.4, -0.2) is 17.4 Å². The molecule has 1 rings (SSSR count). The van der Waals surface area contributed by atoms with Crippen LogP contribution in [0.4, 0.5) is 0 Å². The van der Waals surface area contributed by atoms with Gasteiger partial charge in [-0.15, -0.1) is 0 Å². The third-order valence-corrected chi connectivity index (χ3v) is 2.04. The summed E-state index contributed by atoms with van der Waals surface area (Å²) in [5, 5.41) is 0. The Balaban J connectivity index is 2.81. The fourth-order valence-electron chi connectivity index (χ4n) is 0.845. The van der Waals surface area contributed by atoms with Crippen LogP contribution in [0.5, 0.6) is 0 Å². The fourth-order valence-corrected chi connectivity index (χ4v) is 1.07. The topological polar surface area (TPSA) is 3.24 Å². The predicted octanol–water partition coefficient (Wildman–Crippen LogP) is 2.12. The molecule has 10 heavy (non-hydrogen) atoms. The smallest absolute Gasteiger partial charge is 0.129 e. The number of nitrogens with zero attached hydrogens (tertiary/aromatic N) is 1. The van der Waals surface area contributed by atoms with Crippen molar-refractivity contribution in [2.75, 3.05) is 7.05 Å². The zero-order chi connectivity index (χ0) is 7.56. The molecular formula is C8H10ClN. The molecule has 0 bridgehead atoms. The Hall–Kier alpha value is -0.690. The van der Waals surface area contributed by atoms with E-state index >= 15 is 0 Å². The Morgan fingerprint density at radius 3 is 3.00 bits per heavy atom. The van der Waals surface area contributed by atoms with Gasteiger partial charge in [-0.3, -0.25) is 0 Å². The lowest BCUT2D eigenvalue weighted by Gasteiger charge is -2.24. The molecule has 1 heterocycles. The van der Waals surface area contributed by atoms with E-state index in [1.165, 1.54) is 0 Å². The van der Waals surface area contributed by atoms with E-state index in [4.69, 9.17) is 11.6 Å². The molecule has 0 fully saturated rings. The quantitative estimate of drug-likeness (QED) is 0.414. The van der Waals surface area contributed by atoms with Gasteiger partial charge in [0.05, 0.1) is 0 Å². The summed E-state index contributed by atoms with van der Waals surface area (Å²) in [6, 6.07) is 0. The van der Waals surface area contributed by atoms with Crippen LogP contribution in [0.2, 0.25) is 0 Å². The zero-order valence-electron chi connectivity index (χ0n) is 5.92. The Kier molecular flexibility index (Phi) is 2.17. The van der Waals surface area contributed by atoms with Crippen molar-refractivity contribution in [1.82, 2.24) is 4.90 Å². The molecule has 1 atom stereocenters. The molecule has 0 saturated heterocycles. The van der Waals surface area contributed by atoms with Crippen molar-refractivity contribution in [2.45, 2.75) is 5.50 Å². The highest BCUT2D eigenvalue weighted by molar-refractivity contribution is 6.22. The first kappa shape index (κ1) is 7.42. The normalized spacial score (nSPS) is 24.4. The van der Waals surface area contributed by atoms with Crippen LogP contribution in [0.25, 0.3) is 0 Å². The molecule has 1 unspecified atom stereocenters. The number of rotatable bonds is 1. The van der Waals surface area contributed by atoms with Gasteiger partial charge in [-0.2, -0.15) is 0 Å². The molecule has 0 N–H and O–H groups in total. The van der Waals surface area contributed by atoms with Crippen molar-refractivity contribution >= 4 is 11.6 Å². The molecule has 0 aromatic carbocycles. The van der Waals surface area contributed by atoms with Gasteiger partial charge in [-0.25, -0.2) is 0 Å². The average Bonchev–Trinajstić information content (AvgIpc) is 1.95. The van der Waals surface area contributed by atoms with Gasteiger partial charge in [0, 0.05) is 13.2 Å². The first-order valence-corrected chi connectivity index (χ1v) is 3.56. The highest BCUT2D eigenvalue weighted by Gasteiger charge is 2.12. The largest absolute Gasteiger partial charge is 0.361 e. The third-order valence-electron chi connectivity index (χ3n) is 1.48. The maximum Gasteiger partial charge on any atom is 0.129 e. The van der Waals surface area contributed by atoms with Crippen LogP contribution in [0.3, 0.4) is 0 Å². The van der Waals surface area contributed by atoms with Crippen LogP contribution in [-0.2, 0) is 0 Å². The van der Waals surface area contributed by atoms with Crippen LogP contribution in [0, 0.1) is 0 Å². The standard InChI is InChI=1S/C8H10ClN/c1-3-7-5-4-6-10(2)8(7)9/h3-6,8H,1H2,2H3. The lowest BCUT2D eigenvalue weighted by molar-refractivity contribution is 0.457. The Labute approximate surface area is 66.3 Å². The van der Waals surface area contributed by atoms with Gasteiger partial charge < -0.3 is 4.90 Å². The van der Waals surface area contributed by atoms with E-state index in [1.54, 1.807) is 6.08 Å². The molecule has 2 heteroatoms. The summed E-state index contributed by atoms with van der Waals surface area (Å²) >= 11 is 5.97. The summed E-state index contributed by atoms with van der Waals surface area (Å²) in [7, 11) is 1.94. The molecule has 0 amide bonds. The van der Waals surface area contributed by atoms with E-state index in [-0.39, 0.29) is 5.50 Å². The Morgan fingerprint density at radius 2 is 2.50 bits per heavy atom. The van der Waals surface area contributed by atoms with E-state index in [0.717, 1.165) is 5.57 Å². The molecule has 1 nitrogen and oxygen atoms in total. The minimum Gasteiger partial charge on any atom is -0.361 e. The Morgan fingerprint density at radius 1 is 1.80 bits per heavy atom. The van der Waals surface area contributed by atoms with Crippen molar-refractivity contribution in [2.24, 2.45) is 0 Å². The van der Waals surface area contributed by atoms with E-state index in [2.05, 4.69) is 6.58 Å². The van der Waals surface area contributed by atoms with Crippen LogP contribution >= 0.6 is 11.6 Å². The predicted molar refractivity (Wildman–Crippen MR) is 44.8 cm³/mol. The molecule has 54 valence electrons. The molecule has 0 aliphatic carbocycles. The second kappa shape index (κ2) is 2.93. The van der Waals surface area contributed by atoms with Gasteiger partial charge in [0.25, 0.3) is 0 Å². The summed E-state index contributed by atoms with van der Waals surface area (Å²) in [6.07, 6.45) is 7.63. The number of hydrogen-bond acceptors (Lipinski definition) is 1. The first-order chi connectivity index (χ1) is 4.75. The Bertz CT molecular complexity index is 193. The van der Waals surface area contributed by atoms with E-state index < -0.39 is 0 Å². The number of hydrogen-bond donors (Lipinski definition) is 0. The summed E-state index contributed by atoms with van der Waals surface area (Å²) in [4.78, 5) is 1.93. The number of alkyl halides is 1. The van der Waals surface area contributed by atoms with Gasteiger partial charge in [-0.1, -0.05) is 30.3 Å². The number of allylic oxidation sites excluding steroid dienone is 2. The van der Waals surface area contributed by atoms with Crippen LogP contribution in [0.1, 0.15) is 0 Å². The maximum absolute atomic E-state index is 5.97. The van der Waals surface area contributed by atoms with Gasteiger partial charge in [-0.05, 0) is 11.6 Å². The minimum atomic E-state index is -0.0532. The lowest BCUT2D eigenvalue weighted by Crippen LogP contribution is -2.24. The molecule has 0 spiro atoms. The lowest BCUT2D eigenvalue weighted by atomic mass is 10.2. The van der Waals surface area contributed by atoms with Crippen molar-refractivity contribution in [3.8, 4) is 0 Å². The number of likely N-dealkylation sites (N-methyl/N-ethyl adjacent to an activating group) is 1. The second-order valence-corrected chi connectivity index (χ2v) is 2.63. The van der Waals surface area contributed by atoms with Gasteiger partial charge in [0.1, 0.15) is 5.50 Å². The van der Waals surface area contributed by atoms with E-state index in [9.17, 15) is 0 Å². The molecule has 1 aliphatic rings. The molecule has 0 radical (unpaired) electrons. The second-order valence-electron chi connectivity index (χ2n) is 2.21. The molecule has 0 saturated carbocycles. The third kappa shape index (κ3) is 1.24. The van der Waals surface area contributed by atoms with Crippen molar-refractivity contribution < 1.29 is 0 Å². The van der Waals surface area contributed by atoms with Crippen molar-refractivity contribution in [3.63, 3.8) is 0 Å². The van der Waals surface area contributed by atoms with Gasteiger partial charge in [0.2, 0.25) is 0 Å². The summed E-state index contributed by atoms with van der Waals surface area (Å²) in [6.45, 7) is 3.66. The zero-order valence-corrected chi connectivity index (χ0v) is 6.67. The fraction of sp³-hybridized carbons (Fsp3) is 0.250. The highest BCUT2D eigenvalue weighted by Crippen LogP contribution is 2.18. The number of halogens is 1. The molecule has 0 aromatic rings. The first-order valence-electron chi connectivity index (χ1n) is 3.12. The summed E-state index contributed by atoms with van der Waals surface area (Å²) in [5.74, 6) is 0. The van der Waals surface area contributed by atoms with Crippen molar-refractivity contribution in [1.29, 1.82) is 0 Å². The maximum atomic E-state index is 5.97. The van der Waals surface area contributed by atoms with Gasteiger partial charge in [0.15, 0.2) is 0 Å². The SMILES string of the molecule is C=CC1=CC=CN(C)C1Cl. The highest BCUT2D eigenvalue weighted by atomic mass is 35.5. The minimum absolute atomic E-state index is 0.0532. The van der Waals surface area contributed by atoms with Crippen LogP contribution < -0.4 is 0 Å². The molecule has 0 aromatic heterocycles. The van der Waals surface area contributed by atoms with E-state index in [0.29, 0.717) is 0 Å². The molecular weight excluding hydrogens is 146 g/mol. The van der Waals surface area contributed by atoms with Gasteiger partial charge >= 0.3 is 0 Å². The average molecular weight is 156 g/mol.